The maximum absolute atomic E-state index is 13.0. The molecule has 2 N–H and O–H groups in total. The molecule has 2 aromatic carbocycles. The van der Waals surface area contributed by atoms with Gasteiger partial charge in [-0.3, -0.25) is 9.69 Å². The molecule has 2 aliphatic rings. The topological polar surface area (TPSA) is 81.8 Å². The van der Waals surface area contributed by atoms with Crippen LogP contribution in [0.5, 0.6) is 0 Å². The van der Waals surface area contributed by atoms with Crippen LogP contribution in [0.2, 0.25) is 5.02 Å². The first kappa shape index (κ1) is 20.2. The molecule has 4 rings (SSSR count). The second-order valence-electron chi connectivity index (χ2n) is 7.60. The second kappa shape index (κ2) is 8.36. The molecule has 8 heteroatoms. The van der Waals surface area contributed by atoms with E-state index in [1.165, 1.54) is 4.90 Å². The summed E-state index contributed by atoms with van der Waals surface area (Å²) in [5.74, 6) is -0.199. The zero-order valence-electron chi connectivity index (χ0n) is 16.4. The van der Waals surface area contributed by atoms with Crippen LogP contribution in [-0.2, 0) is 11.2 Å². The van der Waals surface area contributed by atoms with Crippen molar-refractivity contribution in [3.63, 3.8) is 0 Å². The van der Waals surface area contributed by atoms with Gasteiger partial charge in [0.25, 0.3) is 5.91 Å². The normalized spacial score (nSPS) is 17.9. The number of nitrogens with one attached hydrogen (secondary N) is 2. The van der Waals surface area contributed by atoms with Crippen molar-refractivity contribution in [3.8, 4) is 0 Å². The first-order valence-electron chi connectivity index (χ1n) is 9.97. The summed E-state index contributed by atoms with van der Waals surface area (Å²) in [6, 6.07) is 16.2. The molecule has 30 heavy (non-hydrogen) atoms. The van der Waals surface area contributed by atoms with Crippen LogP contribution < -0.4 is 10.6 Å². The lowest BCUT2D eigenvalue weighted by atomic mass is 9.87. The summed E-state index contributed by atoms with van der Waals surface area (Å²) in [6.45, 7) is 1.08. The maximum Gasteiger partial charge on any atom is 0.325 e. The summed E-state index contributed by atoms with van der Waals surface area (Å²) in [4.78, 5) is 41.0. The Balaban J connectivity index is 1.35. The van der Waals surface area contributed by atoms with Gasteiger partial charge in [0.15, 0.2) is 0 Å². The average molecular weight is 427 g/mol. The number of para-hydroxylation sites is 1. The largest absolute Gasteiger partial charge is 0.325 e. The molecule has 2 aliphatic heterocycles. The summed E-state index contributed by atoms with van der Waals surface area (Å²) in [7, 11) is 0. The van der Waals surface area contributed by atoms with Crippen molar-refractivity contribution in [3.05, 3.63) is 65.2 Å². The number of rotatable bonds is 4. The molecule has 7 nitrogen and oxygen atoms in total. The van der Waals surface area contributed by atoms with Gasteiger partial charge in [0.05, 0.1) is 10.7 Å². The zero-order valence-corrected chi connectivity index (χ0v) is 17.2. The van der Waals surface area contributed by atoms with Crippen molar-refractivity contribution >= 4 is 35.3 Å². The minimum Gasteiger partial charge on any atom is -0.324 e. The summed E-state index contributed by atoms with van der Waals surface area (Å²) in [6.07, 6.45) is 1.38. The Kier molecular flexibility index (Phi) is 5.63. The van der Waals surface area contributed by atoms with Crippen molar-refractivity contribution in [1.29, 1.82) is 0 Å². The number of benzene rings is 2. The number of hydrogen-bond donors (Lipinski definition) is 2. The number of hydrogen-bond acceptors (Lipinski definition) is 3. The second-order valence-corrected chi connectivity index (χ2v) is 8.01. The predicted molar refractivity (Wildman–Crippen MR) is 114 cm³/mol. The van der Waals surface area contributed by atoms with Crippen molar-refractivity contribution in [1.82, 2.24) is 15.1 Å². The van der Waals surface area contributed by atoms with E-state index >= 15 is 0 Å². The number of imide groups is 1. The molecular weight excluding hydrogens is 404 g/mol. The van der Waals surface area contributed by atoms with E-state index in [4.69, 9.17) is 11.6 Å². The van der Waals surface area contributed by atoms with Gasteiger partial charge in [-0.05, 0) is 37.0 Å². The molecule has 0 atom stereocenters. The first-order chi connectivity index (χ1) is 14.5. The van der Waals surface area contributed by atoms with Crippen molar-refractivity contribution in [2.75, 3.05) is 25.0 Å². The number of amides is 5. The number of nitrogens with zero attached hydrogens (tertiary/aromatic N) is 2. The summed E-state index contributed by atoms with van der Waals surface area (Å²) < 4.78 is 0. The van der Waals surface area contributed by atoms with Crippen LogP contribution in [0, 0.1) is 0 Å². The SMILES string of the molecule is O=C(Nc1ccccc1Cl)N1CCC2(CC1)NC(=O)N(CCc1ccccc1)C2=O. The Morgan fingerprint density at radius 3 is 2.40 bits per heavy atom. The highest BCUT2D eigenvalue weighted by Crippen LogP contribution is 2.30. The van der Waals surface area contributed by atoms with E-state index < -0.39 is 5.54 Å². The fourth-order valence-electron chi connectivity index (χ4n) is 3.95. The Labute approximate surface area is 180 Å². The van der Waals surface area contributed by atoms with E-state index in [2.05, 4.69) is 10.6 Å². The summed E-state index contributed by atoms with van der Waals surface area (Å²) >= 11 is 6.10. The van der Waals surface area contributed by atoms with E-state index in [9.17, 15) is 14.4 Å². The van der Waals surface area contributed by atoms with Crippen LogP contribution in [0.4, 0.5) is 15.3 Å². The highest BCUT2D eigenvalue weighted by atomic mass is 35.5. The number of carbonyl (C=O) groups is 3. The lowest BCUT2D eigenvalue weighted by Gasteiger charge is -2.37. The third-order valence-corrected chi connectivity index (χ3v) is 6.06. The van der Waals surface area contributed by atoms with Gasteiger partial charge in [-0.1, -0.05) is 54.1 Å². The third-order valence-electron chi connectivity index (χ3n) is 5.73. The molecule has 156 valence electrons. The molecule has 2 aromatic rings. The van der Waals surface area contributed by atoms with Crippen LogP contribution in [0.15, 0.2) is 54.6 Å². The summed E-state index contributed by atoms with van der Waals surface area (Å²) in [5.41, 5.74) is 0.696. The van der Waals surface area contributed by atoms with Crippen LogP contribution in [0.25, 0.3) is 0 Å². The van der Waals surface area contributed by atoms with Gasteiger partial charge in [0, 0.05) is 19.6 Å². The highest BCUT2D eigenvalue weighted by molar-refractivity contribution is 6.33. The molecule has 1 spiro atoms. The number of carbonyl (C=O) groups excluding carboxylic acids is 3. The fourth-order valence-corrected chi connectivity index (χ4v) is 4.14. The molecule has 0 aliphatic carbocycles. The molecule has 0 saturated carbocycles. The standard InChI is InChI=1S/C22H23ClN4O3/c23-17-8-4-5-9-18(17)24-20(29)26-14-11-22(12-15-26)19(28)27(21(30)25-22)13-10-16-6-2-1-3-7-16/h1-9H,10-15H2,(H,24,29)(H,25,30). The van der Waals surface area contributed by atoms with Gasteiger partial charge in [-0.2, -0.15) is 0 Å². The van der Waals surface area contributed by atoms with E-state index in [1.54, 1.807) is 29.2 Å². The number of anilines is 1. The molecular formula is C22H23ClN4O3. The van der Waals surface area contributed by atoms with Gasteiger partial charge in [-0.15, -0.1) is 0 Å². The Morgan fingerprint density at radius 1 is 1.03 bits per heavy atom. The molecule has 2 heterocycles. The zero-order chi connectivity index (χ0) is 21.1. The van der Waals surface area contributed by atoms with Crippen LogP contribution in [0.3, 0.4) is 0 Å². The van der Waals surface area contributed by atoms with Crippen molar-refractivity contribution in [2.24, 2.45) is 0 Å². The molecule has 2 saturated heterocycles. The number of piperidine rings is 1. The van der Waals surface area contributed by atoms with Crippen LogP contribution in [-0.4, -0.2) is 52.9 Å². The van der Waals surface area contributed by atoms with Gasteiger partial charge in [0.1, 0.15) is 5.54 Å². The molecule has 0 radical (unpaired) electrons. The summed E-state index contributed by atoms with van der Waals surface area (Å²) in [5, 5.41) is 6.14. The lowest BCUT2D eigenvalue weighted by molar-refractivity contribution is -0.132. The molecule has 2 fully saturated rings. The Hall–Kier alpha value is -3.06. The van der Waals surface area contributed by atoms with Gasteiger partial charge >= 0.3 is 12.1 Å². The minimum atomic E-state index is -0.922. The maximum atomic E-state index is 13.0. The lowest BCUT2D eigenvalue weighted by Crippen LogP contribution is -2.56. The molecule has 0 aromatic heterocycles. The molecule has 0 unspecified atom stereocenters. The van der Waals surface area contributed by atoms with Crippen LogP contribution in [0.1, 0.15) is 18.4 Å². The van der Waals surface area contributed by atoms with Gasteiger partial charge < -0.3 is 15.5 Å². The monoisotopic (exact) mass is 426 g/mol. The van der Waals surface area contributed by atoms with E-state index in [-0.39, 0.29) is 18.0 Å². The Morgan fingerprint density at radius 2 is 1.70 bits per heavy atom. The van der Waals surface area contributed by atoms with Gasteiger partial charge in [0.2, 0.25) is 0 Å². The average Bonchev–Trinajstić information content (AvgIpc) is 2.98. The predicted octanol–water partition coefficient (Wildman–Crippen LogP) is 3.50. The number of halogens is 1. The van der Waals surface area contributed by atoms with Gasteiger partial charge in [-0.25, -0.2) is 9.59 Å². The van der Waals surface area contributed by atoms with Crippen molar-refractivity contribution in [2.45, 2.75) is 24.8 Å². The quantitative estimate of drug-likeness (QED) is 0.734. The van der Waals surface area contributed by atoms with E-state index in [0.29, 0.717) is 49.6 Å². The minimum absolute atomic E-state index is 0.199. The fraction of sp³-hybridized carbons (Fsp3) is 0.318. The smallest absolute Gasteiger partial charge is 0.324 e. The number of likely N-dealkylation sites (tertiary alicyclic amines) is 1. The van der Waals surface area contributed by atoms with E-state index in [1.807, 2.05) is 30.3 Å². The van der Waals surface area contributed by atoms with E-state index in [0.717, 1.165) is 5.56 Å². The van der Waals surface area contributed by atoms with Crippen molar-refractivity contribution < 1.29 is 14.4 Å². The molecule has 0 bridgehead atoms. The number of urea groups is 2. The third kappa shape index (κ3) is 3.98. The van der Waals surface area contributed by atoms with Crippen LogP contribution >= 0.6 is 11.6 Å². The highest BCUT2D eigenvalue weighted by Gasteiger charge is 2.52. The Bertz CT molecular complexity index is 958. The molecule has 5 amide bonds. The first-order valence-corrected chi connectivity index (χ1v) is 10.3.